The molecule has 2 aliphatic rings. The third kappa shape index (κ3) is 1.75. The average Bonchev–Trinajstić information content (AvgIpc) is 2.11. The fourth-order valence-corrected chi connectivity index (χ4v) is 536. The lowest BCUT2D eigenvalue weighted by atomic mass is 25.8. The first-order valence-electron chi connectivity index (χ1n) is 4.47. The molecule has 9 heavy (non-hydrogen) atoms. The van der Waals surface area contributed by atoms with E-state index in [0.29, 0.717) is 14.7 Å². The van der Waals surface area contributed by atoms with Crippen LogP contribution in [0.1, 0.15) is 0 Å². The van der Waals surface area contributed by atoms with E-state index in [1.165, 1.54) is 0 Å². The summed E-state index contributed by atoms with van der Waals surface area (Å²) in [6.45, 7) is 0. The normalized spacial score (nSPS) is 61.3. The van der Waals surface area contributed by atoms with E-state index < -0.39 is 0 Å². The molecule has 0 amide bonds. The van der Waals surface area contributed by atoms with Crippen molar-refractivity contribution >= 4 is 74.6 Å². The van der Waals surface area contributed by atoms with Gasteiger partial charge in [0.05, 0.1) is 0 Å². The summed E-state index contributed by atoms with van der Waals surface area (Å²) >= 11 is 0. The van der Waals surface area contributed by atoms with E-state index in [9.17, 15) is 0 Å². The quantitative estimate of drug-likeness (QED) is 0.415. The molecule has 2 heterocycles. The van der Waals surface area contributed by atoms with E-state index in [2.05, 4.69) is 0 Å². The lowest BCUT2D eigenvalue weighted by molar-refractivity contribution is 3.49. The van der Waals surface area contributed by atoms with E-state index in [1.807, 2.05) is 0 Å². The first kappa shape index (κ1) is 7.59. The summed E-state index contributed by atoms with van der Waals surface area (Å²) in [5, 5.41) is 0. The second kappa shape index (κ2) is 3.57. The lowest BCUT2D eigenvalue weighted by Crippen LogP contribution is -2.64. The number of rotatable bonds is 1. The predicted molar refractivity (Wildman–Crippen MR) is 74.1 cm³/mol. The Morgan fingerprint density at radius 2 is 1.00 bits per heavy atom. The zero-order valence-electron chi connectivity index (χ0n) is 6.10. The van der Waals surface area contributed by atoms with Crippen LogP contribution in [0.5, 0.6) is 0 Å². The van der Waals surface area contributed by atoms with Crippen LogP contribution in [0.3, 0.4) is 0 Å². The third-order valence-corrected chi connectivity index (χ3v) is 261. The van der Waals surface area contributed by atoms with Crippen LogP contribution < -0.4 is 0 Å². The second-order valence-corrected chi connectivity index (χ2v) is 101. The molecule has 0 saturated carbocycles. The summed E-state index contributed by atoms with van der Waals surface area (Å²) in [6, 6.07) is 0. The SMILES string of the molecule is [SiH2]1[SiH2][SiH2][SiH]([SiH]2[SiH2][SiH2][SiH2]2)[SiH2]1. The summed E-state index contributed by atoms with van der Waals surface area (Å²) in [5.41, 5.74) is 0. The largest absolute Gasteiger partial charge is 0.00930 e. The van der Waals surface area contributed by atoms with Gasteiger partial charge in [0.1, 0.15) is 0 Å². The van der Waals surface area contributed by atoms with Gasteiger partial charge in [-0.25, -0.2) is 0 Å². The van der Waals surface area contributed by atoms with Crippen molar-refractivity contribution in [3.8, 4) is 0 Å². The maximum Gasteiger partial charge on any atom is -0.00647 e. The molecule has 52 valence electrons. The Morgan fingerprint density at radius 3 is 1.33 bits per heavy atom. The molecule has 2 fully saturated rings. The average molecular weight is 269 g/mol. The minimum absolute atomic E-state index is 0.610. The fourth-order valence-electron chi connectivity index (χ4n) is 2.34. The Balaban J connectivity index is 1.82. The van der Waals surface area contributed by atoms with Gasteiger partial charge in [-0.15, -0.1) is 0 Å². The summed E-state index contributed by atoms with van der Waals surface area (Å²) < 4.78 is 0. The Bertz CT molecular complexity index is 86.2. The molecule has 0 nitrogen and oxygen atoms in total. The summed E-state index contributed by atoms with van der Waals surface area (Å²) in [7, 11) is 8.17. The minimum Gasteiger partial charge on any atom is -0.00930 e. The van der Waals surface area contributed by atoms with Gasteiger partial charge in [-0.05, 0) is 74.6 Å². The van der Waals surface area contributed by atoms with Gasteiger partial charge in [-0.1, -0.05) is 0 Å². The van der Waals surface area contributed by atoms with Crippen LogP contribution in [-0.2, 0) is 0 Å². The van der Waals surface area contributed by atoms with E-state index >= 15 is 0 Å². The molecule has 0 aliphatic carbocycles. The van der Waals surface area contributed by atoms with E-state index in [-0.39, 0.29) is 0 Å². The van der Waals surface area contributed by atoms with Crippen LogP contribution in [0.25, 0.3) is 0 Å². The number of hydrogen-bond acceptors (Lipinski definition) is 0. The summed E-state index contributed by atoms with van der Waals surface area (Å²) in [4.78, 5) is 0. The van der Waals surface area contributed by atoms with Crippen LogP contribution in [0, 0.1) is 0 Å². The highest BCUT2D eigenvalue weighted by atomic mass is 30.4. The Morgan fingerprint density at radius 1 is 0.556 bits per heavy atom. The molecule has 2 aliphatic heterocycles. The van der Waals surface area contributed by atoms with Crippen LogP contribution >= 0.6 is 0 Å². The molecule has 0 aromatic heterocycles. The van der Waals surface area contributed by atoms with Gasteiger partial charge in [0, 0.05) is 0 Å². The summed E-state index contributed by atoms with van der Waals surface area (Å²) in [6.07, 6.45) is 0. The van der Waals surface area contributed by atoms with Crippen LogP contribution in [-0.4, -0.2) is 74.6 Å². The highest BCUT2D eigenvalue weighted by Crippen LogP contribution is 1.95. The van der Waals surface area contributed by atoms with Crippen molar-refractivity contribution < 1.29 is 0 Å². The molecule has 2 saturated heterocycles. The number of hydrogen-bond donors (Lipinski definition) is 0. The fraction of sp³-hybridized carbons (Fsp3) is 0. The second-order valence-electron chi connectivity index (χ2n) is 3.74. The van der Waals surface area contributed by atoms with Crippen molar-refractivity contribution in [1.29, 1.82) is 0 Å². The van der Waals surface area contributed by atoms with Gasteiger partial charge in [0.15, 0.2) is 0 Å². The Labute approximate surface area is 74.2 Å². The highest BCUT2D eigenvalue weighted by Gasteiger charge is 2.32. The third-order valence-electron chi connectivity index (χ3n) is 3.22. The maximum atomic E-state index is 1.00. The van der Waals surface area contributed by atoms with E-state index in [0.717, 1.165) is 59.9 Å². The van der Waals surface area contributed by atoms with Crippen molar-refractivity contribution in [1.82, 2.24) is 0 Å². The van der Waals surface area contributed by atoms with Gasteiger partial charge in [-0.3, -0.25) is 0 Å². The Kier molecular flexibility index (Phi) is 3.01. The van der Waals surface area contributed by atoms with Gasteiger partial charge >= 0.3 is 0 Å². The van der Waals surface area contributed by atoms with Crippen molar-refractivity contribution in [3.05, 3.63) is 0 Å². The molecule has 0 spiro atoms. The maximum absolute atomic E-state index is 1.00. The first-order chi connectivity index (χ1) is 4.47. The molecule has 0 aromatic rings. The van der Waals surface area contributed by atoms with E-state index in [4.69, 9.17) is 0 Å². The van der Waals surface area contributed by atoms with Gasteiger partial charge in [0.2, 0.25) is 0 Å². The van der Waals surface area contributed by atoms with Crippen molar-refractivity contribution in [2.75, 3.05) is 0 Å². The molecule has 0 N–H and O–H groups in total. The Hall–Kier alpha value is 1.95. The van der Waals surface area contributed by atoms with E-state index in [1.54, 1.807) is 0 Å². The minimum atomic E-state index is 0.610. The lowest BCUT2D eigenvalue weighted by Gasteiger charge is -2.27. The molecule has 0 atom stereocenters. The molecular weight excluding hydrogens is 253 g/mol. The van der Waals surface area contributed by atoms with Crippen LogP contribution in [0.15, 0.2) is 0 Å². The molecule has 9 heteroatoms. The molecule has 0 bridgehead atoms. The summed E-state index contributed by atoms with van der Waals surface area (Å²) in [5.74, 6) is 0. The molecule has 2 rings (SSSR count). The monoisotopic (exact) mass is 268 g/mol. The molecular formula is H16Si9. The molecule has 0 radical (unpaired) electrons. The van der Waals surface area contributed by atoms with Crippen LogP contribution in [0.4, 0.5) is 0 Å². The highest BCUT2D eigenvalue weighted by molar-refractivity contribution is 8.08. The standard InChI is InChI=1S/H16Si9/c1-2-5-8(4-1)9-6-3-7-9/h8-9H,1-7H2. The van der Waals surface area contributed by atoms with Gasteiger partial charge < -0.3 is 0 Å². The molecule has 0 unspecified atom stereocenters. The van der Waals surface area contributed by atoms with Crippen molar-refractivity contribution in [2.45, 2.75) is 0 Å². The van der Waals surface area contributed by atoms with Gasteiger partial charge in [0.25, 0.3) is 0 Å². The smallest absolute Gasteiger partial charge is 0.00647 e. The van der Waals surface area contributed by atoms with Crippen molar-refractivity contribution in [2.24, 2.45) is 0 Å². The predicted octanol–water partition coefficient (Wildman–Crippen LogP) is -7.71. The van der Waals surface area contributed by atoms with Crippen LogP contribution in [0.2, 0.25) is 0 Å². The van der Waals surface area contributed by atoms with Gasteiger partial charge in [-0.2, -0.15) is 0 Å². The first-order valence-corrected chi connectivity index (χ1v) is 40.2. The zero-order chi connectivity index (χ0) is 6.10. The zero-order valence-corrected chi connectivity index (χ0v) is 18.3. The van der Waals surface area contributed by atoms with Crippen molar-refractivity contribution in [3.63, 3.8) is 0 Å². The molecule has 0 aromatic carbocycles. The topological polar surface area (TPSA) is 0 Å².